The molecule has 2 N–H and O–H groups in total. The van der Waals surface area contributed by atoms with Gasteiger partial charge in [0, 0.05) is 11.1 Å². The molecule has 0 aliphatic carbocycles. The summed E-state index contributed by atoms with van der Waals surface area (Å²) in [6.45, 7) is 3.25. The highest BCUT2D eigenvalue weighted by Gasteiger charge is 2.22. The van der Waals surface area contributed by atoms with Gasteiger partial charge in [-0.15, -0.1) is 12.4 Å². The summed E-state index contributed by atoms with van der Waals surface area (Å²) >= 11 is 5.38. The first-order chi connectivity index (χ1) is 5.84. The molecule has 0 aliphatic heterocycles. The standard InChI is InChI=1S/C9H10ClF2N.ClH/c1-9(2,13)5-3-4-6(11)7(10)8(5)12;/h3-4H,13H2,1-2H3;1H. The average Bonchev–Trinajstić information content (AvgIpc) is 1.98. The van der Waals surface area contributed by atoms with Gasteiger partial charge in [0.15, 0.2) is 0 Å². The van der Waals surface area contributed by atoms with Crippen LogP contribution in [0.5, 0.6) is 0 Å². The first-order valence-corrected chi connectivity index (χ1v) is 4.14. The van der Waals surface area contributed by atoms with Crippen molar-refractivity contribution in [2.45, 2.75) is 19.4 Å². The van der Waals surface area contributed by atoms with E-state index in [1.165, 1.54) is 6.07 Å². The zero-order valence-corrected chi connectivity index (χ0v) is 9.35. The Morgan fingerprint density at radius 2 is 1.79 bits per heavy atom. The molecule has 0 aromatic heterocycles. The largest absolute Gasteiger partial charge is 0.322 e. The second-order valence-electron chi connectivity index (χ2n) is 3.44. The van der Waals surface area contributed by atoms with Crippen LogP contribution in [0.25, 0.3) is 0 Å². The van der Waals surface area contributed by atoms with Crippen LogP contribution in [-0.2, 0) is 5.54 Å². The second-order valence-corrected chi connectivity index (χ2v) is 3.82. The molecule has 0 unspecified atom stereocenters. The molecule has 1 nitrogen and oxygen atoms in total. The van der Waals surface area contributed by atoms with Crippen LogP contribution in [0.2, 0.25) is 5.02 Å². The van der Waals surface area contributed by atoms with Crippen LogP contribution in [0.1, 0.15) is 19.4 Å². The van der Waals surface area contributed by atoms with E-state index < -0.39 is 22.2 Å². The minimum Gasteiger partial charge on any atom is -0.322 e. The Balaban J connectivity index is 0.00000169. The molecule has 0 fully saturated rings. The smallest absolute Gasteiger partial charge is 0.149 e. The van der Waals surface area contributed by atoms with Gasteiger partial charge < -0.3 is 5.73 Å². The number of rotatable bonds is 1. The molecule has 0 amide bonds. The van der Waals surface area contributed by atoms with Crippen molar-refractivity contribution in [1.82, 2.24) is 0 Å². The van der Waals surface area contributed by atoms with E-state index in [-0.39, 0.29) is 18.0 Å². The van der Waals surface area contributed by atoms with Gasteiger partial charge in [0.25, 0.3) is 0 Å². The zero-order valence-electron chi connectivity index (χ0n) is 7.77. The third-order valence-electron chi connectivity index (χ3n) is 1.73. The van der Waals surface area contributed by atoms with Gasteiger partial charge in [-0.3, -0.25) is 0 Å². The fourth-order valence-corrected chi connectivity index (χ4v) is 1.19. The SMILES string of the molecule is CC(C)(N)c1ccc(F)c(Cl)c1F.Cl. The van der Waals surface area contributed by atoms with Crippen LogP contribution in [0.15, 0.2) is 12.1 Å². The summed E-state index contributed by atoms with van der Waals surface area (Å²) in [5.74, 6) is -1.55. The van der Waals surface area contributed by atoms with Crippen LogP contribution >= 0.6 is 24.0 Å². The van der Waals surface area contributed by atoms with Crippen molar-refractivity contribution in [3.05, 3.63) is 34.4 Å². The van der Waals surface area contributed by atoms with E-state index in [1.54, 1.807) is 13.8 Å². The molecule has 0 atom stereocenters. The molecule has 0 bridgehead atoms. The van der Waals surface area contributed by atoms with Crippen LogP contribution in [-0.4, -0.2) is 0 Å². The summed E-state index contributed by atoms with van der Waals surface area (Å²) in [6, 6.07) is 2.41. The maximum Gasteiger partial charge on any atom is 0.149 e. The summed E-state index contributed by atoms with van der Waals surface area (Å²) in [4.78, 5) is 0. The Morgan fingerprint density at radius 1 is 1.29 bits per heavy atom. The lowest BCUT2D eigenvalue weighted by atomic mass is 9.95. The molecule has 80 valence electrons. The monoisotopic (exact) mass is 241 g/mol. The average molecular weight is 242 g/mol. The predicted octanol–water partition coefficient (Wildman–Crippen LogP) is 3.23. The first-order valence-electron chi connectivity index (χ1n) is 3.77. The van der Waals surface area contributed by atoms with Gasteiger partial charge in [-0.2, -0.15) is 0 Å². The molecule has 0 spiro atoms. The van der Waals surface area contributed by atoms with E-state index in [4.69, 9.17) is 17.3 Å². The lowest BCUT2D eigenvalue weighted by molar-refractivity contribution is 0.493. The van der Waals surface area contributed by atoms with E-state index in [0.29, 0.717) is 0 Å². The number of benzene rings is 1. The van der Waals surface area contributed by atoms with Gasteiger partial charge in [0.1, 0.15) is 16.7 Å². The Hall–Kier alpha value is -0.380. The van der Waals surface area contributed by atoms with E-state index in [0.717, 1.165) is 6.07 Å². The van der Waals surface area contributed by atoms with Crippen molar-refractivity contribution in [1.29, 1.82) is 0 Å². The zero-order chi connectivity index (χ0) is 10.2. The highest BCUT2D eigenvalue weighted by atomic mass is 35.5. The summed E-state index contributed by atoms with van der Waals surface area (Å²) < 4.78 is 26.0. The molecule has 0 saturated heterocycles. The molecule has 0 saturated carbocycles. The predicted molar refractivity (Wildman–Crippen MR) is 55.8 cm³/mol. The lowest BCUT2D eigenvalue weighted by Gasteiger charge is -2.20. The lowest BCUT2D eigenvalue weighted by Crippen LogP contribution is -2.30. The van der Waals surface area contributed by atoms with Crippen molar-refractivity contribution in [3.63, 3.8) is 0 Å². The van der Waals surface area contributed by atoms with Crippen molar-refractivity contribution in [2.75, 3.05) is 0 Å². The summed E-state index contributed by atoms with van der Waals surface area (Å²) in [6.07, 6.45) is 0. The third kappa shape index (κ3) is 2.56. The van der Waals surface area contributed by atoms with E-state index >= 15 is 0 Å². The molecule has 0 radical (unpaired) electrons. The van der Waals surface area contributed by atoms with Gasteiger partial charge in [-0.25, -0.2) is 8.78 Å². The quantitative estimate of drug-likeness (QED) is 0.751. The van der Waals surface area contributed by atoms with Gasteiger partial charge in [-0.05, 0) is 19.9 Å². The maximum absolute atomic E-state index is 13.3. The Morgan fingerprint density at radius 3 is 2.21 bits per heavy atom. The normalized spacial score (nSPS) is 11.0. The van der Waals surface area contributed by atoms with E-state index in [2.05, 4.69) is 0 Å². The van der Waals surface area contributed by atoms with Gasteiger partial charge >= 0.3 is 0 Å². The van der Waals surface area contributed by atoms with Crippen molar-refractivity contribution in [3.8, 4) is 0 Å². The topological polar surface area (TPSA) is 26.0 Å². The summed E-state index contributed by atoms with van der Waals surface area (Å²) in [7, 11) is 0. The minimum absolute atomic E-state index is 0. The maximum atomic E-state index is 13.3. The first kappa shape index (κ1) is 13.6. The third-order valence-corrected chi connectivity index (χ3v) is 2.08. The van der Waals surface area contributed by atoms with Gasteiger partial charge in [0.05, 0.1) is 0 Å². The van der Waals surface area contributed by atoms with Crippen molar-refractivity contribution in [2.24, 2.45) is 5.73 Å². The van der Waals surface area contributed by atoms with Crippen molar-refractivity contribution >= 4 is 24.0 Å². The molecule has 1 aromatic rings. The van der Waals surface area contributed by atoms with E-state index in [1.807, 2.05) is 0 Å². The Bertz CT molecular complexity index is 334. The number of halogens is 4. The number of hydrogen-bond acceptors (Lipinski definition) is 1. The molecule has 5 heteroatoms. The molecule has 0 aliphatic rings. The molecule has 0 heterocycles. The molecule has 14 heavy (non-hydrogen) atoms. The molecular formula is C9H11Cl2F2N. The highest BCUT2D eigenvalue weighted by Crippen LogP contribution is 2.27. The number of nitrogens with two attached hydrogens (primary N) is 1. The highest BCUT2D eigenvalue weighted by molar-refractivity contribution is 6.30. The van der Waals surface area contributed by atoms with Gasteiger partial charge in [-0.1, -0.05) is 17.7 Å². The Labute approximate surface area is 92.7 Å². The molecular weight excluding hydrogens is 231 g/mol. The van der Waals surface area contributed by atoms with Crippen LogP contribution in [0.3, 0.4) is 0 Å². The van der Waals surface area contributed by atoms with Crippen molar-refractivity contribution < 1.29 is 8.78 Å². The van der Waals surface area contributed by atoms with Gasteiger partial charge in [0.2, 0.25) is 0 Å². The number of hydrogen-bond donors (Lipinski definition) is 1. The fraction of sp³-hybridized carbons (Fsp3) is 0.333. The molecule has 1 rings (SSSR count). The van der Waals surface area contributed by atoms with Crippen LogP contribution in [0.4, 0.5) is 8.78 Å². The second kappa shape index (κ2) is 4.43. The summed E-state index contributed by atoms with van der Waals surface area (Å²) in [5, 5.41) is -0.504. The van der Waals surface area contributed by atoms with E-state index in [9.17, 15) is 8.78 Å². The molecule has 1 aromatic carbocycles. The Kier molecular flexibility index (Phi) is 4.31. The van der Waals surface area contributed by atoms with Crippen LogP contribution < -0.4 is 5.73 Å². The summed E-state index contributed by atoms with van der Waals surface area (Å²) in [5.41, 5.74) is 5.00. The fourth-order valence-electron chi connectivity index (χ4n) is 1.02. The van der Waals surface area contributed by atoms with Crippen LogP contribution in [0, 0.1) is 11.6 Å². The minimum atomic E-state index is -0.860.